The van der Waals surface area contributed by atoms with Crippen LogP contribution in [0.2, 0.25) is 0 Å². The number of nitrogens with zero attached hydrogens (tertiary/aromatic N) is 2. The Labute approximate surface area is 102 Å². The van der Waals surface area contributed by atoms with Gasteiger partial charge in [0.25, 0.3) is 0 Å². The minimum absolute atomic E-state index is 0.558. The predicted octanol–water partition coefficient (Wildman–Crippen LogP) is 2.27. The van der Waals surface area contributed by atoms with E-state index in [1.165, 1.54) is 18.5 Å². The van der Waals surface area contributed by atoms with Gasteiger partial charge in [0.1, 0.15) is 0 Å². The van der Waals surface area contributed by atoms with Crippen molar-refractivity contribution in [2.75, 3.05) is 25.1 Å². The summed E-state index contributed by atoms with van der Waals surface area (Å²) in [5.41, 5.74) is 1.43. The number of piperidine rings is 1. The molecule has 0 saturated carbocycles. The first-order chi connectivity index (χ1) is 7.83. The van der Waals surface area contributed by atoms with Crippen molar-refractivity contribution in [1.29, 1.82) is 0 Å². The lowest BCUT2D eigenvalue weighted by molar-refractivity contribution is 0.430. The molecule has 0 radical (unpaired) electrons. The van der Waals surface area contributed by atoms with Crippen LogP contribution in [0.3, 0.4) is 0 Å². The van der Waals surface area contributed by atoms with Crippen LogP contribution in [-0.4, -0.2) is 34.6 Å². The molecule has 1 N–H and O–H groups in total. The number of hydrogen-bond donors (Lipinski definition) is 1. The molecular weight excluding hydrogens is 218 g/mol. The van der Waals surface area contributed by atoms with E-state index in [2.05, 4.69) is 34.2 Å². The monoisotopic (exact) mass is 239 g/mol. The number of aromatic nitrogens is 2. The number of hydrogen-bond acceptors (Lipinski definition) is 3. The highest BCUT2D eigenvalue weighted by Crippen LogP contribution is 2.27. The number of thioether (sulfide) groups is 1. The van der Waals surface area contributed by atoms with Crippen LogP contribution in [0.15, 0.2) is 12.5 Å². The smallest absolute Gasteiger partial charge is 0.0951 e. The van der Waals surface area contributed by atoms with Crippen molar-refractivity contribution in [2.24, 2.45) is 0 Å². The topological polar surface area (TPSA) is 29.9 Å². The normalized spacial score (nSPS) is 19.9. The molecule has 16 heavy (non-hydrogen) atoms. The van der Waals surface area contributed by atoms with Crippen molar-refractivity contribution in [3.8, 4) is 0 Å². The maximum Gasteiger partial charge on any atom is 0.0951 e. The minimum Gasteiger partial charge on any atom is -0.331 e. The third-order valence-corrected chi connectivity index (χ3v) is 4.15. The number of rotatable bonds is 4. The Morgan fingerprint density at radius 2 is 2.31 bits per heavy atom. The number of imidazole rings is 1. The first-order valence-electron chi connectivity index (χ1n) is 6.04. The molecule has 1 aromatic heterocycles. The summed E-state index contributed by atoms with van der Waals surface area (Å²) >= 11 is 1.90. The van der Waals surface area contributed by atoms with Gasteiger partial charge < -0.3 is 9.88 Å². The fraction of sp³-hybridized carbons (Fsp3) is 0.750. The first-order valence-corrected chi connectivity index (χ1v) is 7.43. The van der Waals surface area contributed by atoms with Crippen LogP contribution in [0.1, 0.15) is 37.4 Å². The Morgan fingerprint density at radius 3 is 3.00 bits per heavy atom. The van der Waals surface area contributed by atoms with Crippen molar-refractivity contribution in [3.05, 3.63) is 18.2 Å². The van der Waals surface area contributed by atoms with Gasteiger partial charge in [-0.2, -0.15) is 11.8 Å². The van der Waals surface area contributed by atoms with E-state index in [1.807, 2.05) is 18.1 Å². The molecule has 0 amide bonds. The van der Waals surface area contributed by atoms with Gasteiger partial charge in [-0.05, 0) is 39.1 Å². The zero-order valence-electron chi connectivity index (χ0n) is 10.1. The van der Waals surface area contributed by atoms with Gasteiger partial charge in [0, 0.05) is 29.6 Å². The quantitative estimate of drug-likeness (QED) is 0.874. The van der Waals surface area contributed by atoms with Gasteiger partial charge in [-0.3, -0.25) is 0 Å². The van der Waals surface area contributed by atoms with Gasteiger partial charge >= 0.3 is 0 Å². The molecule has 1 aliphatic heterocycles. The Hall–Kier alpha value is -0.480. The van der Waals surface area contributed by atoms with Crippen molar-refractivity contribution < 1.29 is 0 Å². The highest BCUT2D eigenvalue weighted by Gasteiger charge is 2.20. The molecule has 1 atom stereocenters. The molecule has 2 rings (SSSR count). The maximum absolute atomic E-state index is 4.33. The fourth-order valence-corrected chi connectivity index (χ4v) is 3.08. The predicted molar refractivity (Wildman–Crippen MR) is 70.2 cm³/mol. The molecule has 0 aliphatic carbocycles. The first kappa shape index (κ1) is 12.0. The number of nitrogens with one attached hydrogen (secondary N) is 1. The summed E-state index contributed by atoms with van der Waals surface area (Å²) in [6, 6.07) is 0.558. The standard InChI is InChI=1S/C12H21N3S/c1-10(8-16-2)15-9-14-7-12(15)11-3-5-13-6-4-11/h7,9-11,13H,3-6,8H2,1-2H3. The molecule has 0 aromatic carbocycles. The molecule has 1 aromatic rings. The summed E-state index contributed by atoms with van der Waals surface area (Å²) in [7, 11) is 0. The van der Waals surface area contributed by atoms with E-state index in [0.717, 1.165) is 18.8 Å². The van der Waals surface area contributed by atoms with Gasteiger partial charge in [-0.25, -0.2) is 4.98 Å². The summed E-state index contributed by atoms with van der Waals surface area (Å²) in [6.45, 7) is 4.57. The van der Waals surface area contributed by atoms with Gasteiger partial charge in [-0.1, -0.05) is 0 Å². The second-order valence-corrected chi connectivity index (χ2v) is 5.47. The van der Waals surface area contributed by atoms with Crippen LogP contribution in [0, 0.1) is 0 Å². The van der Waals surface area contributed by atoms with Crippen molar-refractivity contribution in [2.45, 2.75) is 31.7 Å². The lowest BCUT2D eigenvalue weighted by Crippen LogP contribution is -2.28. The summed E-state index contributed by atoms with van der Waals surface area (Å²) < 4.78 is 2.37. The van der Waals surface area contributed by atoms with Crippen molar-refractivity contribution >= 4 is 11.8 Å². The Balaban J connectivity index is 2.11. The fourth-order valence-electron chi connectivity index (χ4n) is 2.44. The minimum atomic E-state index is 0.558. The summed E-state index contributed by atoms with van der Waals surface area (Å²) in [5, 5.41) is 3.42. The van der Waals surface area contributed by atoms with Crippen LogP contribution < -0.4 is 5.32 Å². The molecule has 2 heterocycles. The summed E-state index contributed by atoms with van der Waals surface area (Å²) in [5.74, 6) is 1.86. The van der Waals surface area contributed by atoms with E-state index in [-0.39, 0.29) is 0 Å². The zero-order chi connectivity index (χ0) is 11.4. The molecule has 3 nitrogen and oxygen atoms in total. The van der Waals surface area contributed by atoms with Gasteiger partial charge in [0.15, 0.2) is 0 Å². The summed E-state index contributed by atoms with van der Waals surface area (Å²) in [4.78, 5) is 4.33. The van der Waals surface area contributed by atoms with Crippen molar-refractivity contribution in [1.82, 2.24) is 14.9 Å². The molecule has 1 aliphatic rings. The molecule has 0 bridgehead atoms. The van der Waals surface area contributed by atoms with E-state index in [4.69, 9.17) is 0 Å². The van der Waals surface area contributed by atoms with Crippen LogP contribution >= 0.6 is 11.8 Å². The van der Waals surface area contributed by atoms with Crippen molar-refractivity contribution in [3.63, 3.8) is 0 Å². The van der Waals surface area contributed by atoms with Gasteiger partial charge in [0.2, 0.25) is 0 Å². The Morgan fingerprint density at radius 1 is 1.56 bits per heavy atom. The lowest BCUT2D eigenvalue weighted by atomic mass is 9.95. The van der Waals surface area contributed by atoms with E-state index in [9.17, 15) is 0 Å². The lowest BCUT2D eigenvalue weighted by Gasteiger charge is -2.25. The van der Waals surface area contributed by atoms with Crippen LogP contribution in [0.4, 0.5) is 0 Å². The molecule has 4 heteroatoms. The second-order valence-electron chi connectivity index (χ2n) is 4.55. The third-order valence-electron chi connectivity index (χ3n) is 3.34. The Kier molecular flexibility index (Phi) is 4.29. The molecular formula is C12H21N3S. The average molecular weight is 239 g/mol. The average Bonchev–Trinajstić information content (AvgIpc) is 2.79. The molecule has 1 saturated heterocycles. The zero-order valence-corrected chi connectivity index (χ0v) is 11.0. The van der Waals surface area contributed by atoms with E-state index in [0.29, 0.717) is 12.0 Å². The molecule has 0 spiro atoms. The molecule has 1 fully saturated rings. The molecule has 90 valence electrons. The largest absolute Gasteiger partial charge is 0.331 e. The van der Waals surface area contributed by atoms with E-state index >= 15 is 0 Å². The highest BCUT2D eigenvalue weighted by molar-refractivity contribution is 7.98. The van der Waals surface area contributed by atoms with Gasteiger partial charge in [-0.15, -0.1) is 0 Å². The van der Waals surface area contributed by atoms with E-state index in [1.54, 1.807) is 0 Å². The summed E-state index contributed by atoms with van der Waals surface area (Å²) in [6.07, 6.45) is 8.72. The molecule has 1 unspecified atom stereocenters. The maximum atomic E-state index is 4.33. The second kappa shape index (κ2) is 5.73. The highest BCUT2D eigenvalue weighted by atomic mass is 32.2. The Bertz CT molecular complexity index is 318. The van der Waals surface area contributed by atoms with E-state index < -0.39 is 0 Å². The van der Waals surface area contributed by atoms with Crippen LogP contribution in [0.5, 0.6) is 0 Å². The SMILES string of the molecule is CSCC(C)n1cncc1C1CCNCC1. The van der Waals surface area contributed by atoms with Crippen LogP contribution in [-0.2, 0) is 0 Å². The van der Waals surface area contributed by atoms with Gasteiger partial charge in [0.05, 0.1) is 6.33 Å². The third kappa shape index (κ3) is 2.61. The van der Waals surface area contributed by atoms with Crippen LogP contribution in [0.25, 0.3) is 0 Å².